The Morgan fingerprint density at radius 3 is 2.83 bits per heavy atom. The van der Waals surface area contributed by atoms with E-state index < -0.39 is 0 Å². The molecule has 1 saturated heterocycles. The number of nitrogens with zero attached hydrogens (tertiary/aromatic N) is 3. The third kappa shape index (κ3) is 4.22. The zero-order valence-electron chi connectivity index (χ0n) is 14.1. The summed E-state index contributed by atoms with van der Waals surface area (Å²) in [6.07, 6.45) is 2.35. The van der Waals surface area contributed by atoms with Crippen molar-refractivity contribution in [2.24, 2.45) is 0 Å². The lowest BCUT2D eigenvalue weighted by atomic mass is 10.0. The number of carbonyl (C=O) groups is 1. The van der Waals surface area contributed by atoms with Crippen LogP contribution in [0.15, 0.2) is 42.7 Å². The first-order chi connectivity index (χ1) is 11.6. The summed E-state index contributed by atoms with van der Waals surface area (Å²) in [6.45, 7) is 5.18. The number of hydrogen-bond acceptors (Lipinski definition) is 5. The van der Waals surface area contributed by atoms with Crippen LogP contribution < -0.4 is 15.5 Å². The van der Waals surface area contributed by atoms with Crippen LogP contribution in [0.25, 0.3) is 0 Å². The molecule has 6 nitrogen and oxygen atoms in total. The highest BCUT2D eigenvalue weighted by Crippen LogP contribution is 2.18. The van der Waals surface area contributed by atoms with E-state index in [1.165, 1.54) is 5.56 Å². The molecule has 3 rings (SSSR count). The minimum absolute atomic E-state index is 0.0270. The second kappa shape index (κ2) is 7.29. The average Bonchev–Trinajstić information content (AvgIpc) is 2.55. The molecule has 126 valence electrons. The Morgan fingerprint density at radius 1 is 1.29 bits per heavy atom. The van der Waals surface area contributed by atoms with Gasteiger partial charge in [-0.05, 0) is 25.8 Å². The van der Waals surface area contributed by atoms with Gasteiger partial charge in [0.15, 0.2) is 0 Å². The van der Waals surface area contributed by atoms with Crippen molar-refractivity contribution in [3.8, 4) is 0 Å². The zero-order chi connectivity index (χ0) is 16.9. The van der Waals surface area contributed by atoms with Crippen LogP contribution in [0.3, 0.4) is 0 Å². The van der Waals surface area contributed by atoms with Crippen molar-refractivity contribution in [1.29, 1.82) is 0 Å². The lowest BCUT2D eigenvalue weighted by molar-refractivity contribution is -0.121. The van der Waals surface area contributed by atoms with Gasteiger partial charge in [0.05, 0.1) is 12.6 Å². The van der Waals surface area contributed by atoms with Crippen LogP contribution >= 0.6 is 0 Å². The summed E-state index contributed by atoms with van der Waals surface area (Å²) in [5.41, 5.74) is 1.22. The maximum atomic E-state index is 12.1. The molecule has 0 aliphatic carbocycles. The van der Waals surface area contributed by atoms with Gasteiger partial charge in [0.25, 0.3) is 0 Å². The Morgan fingerprint density at radius 2 is 2.08 bits per heavy atom. The fourth-order valence-electron chi connectivity index (χ4n) is 2.91. The van der Waals surface area contributed by atoms with E-state index >= 15 is 0 Å². The molecule has 1 aliphatic heterocycles. The van der Waals surface area contributed by atoms with Gasteiger partial charge in [-0.3, -0.25) is 4.79 Å². The number of carbonyl (C=O) groups excluding carboxylic acids is 1. The summed E-state index contributed by atoms with van der Waals surface area (Å²) in [4.78, 5) is 22.7. The molecule has 2 heterocycles. The Hall–Kier alpha value is -2.63. The van der Waals surface area contributed by atoms with Gasteiger partial charge in [0.2, 0.25) is 5.91 Å². The zero-order valence-corrected chi connectivity index (χ0v) is 14.1. The number of aromatic nitrogens is 2. The molecule has 0 unspecified atom stereocenters. The lowest BCUT2D eigenvalue weighted by Gasteiger charge is -2.34. The van der Waals surface area contributed by atoms with E-state index in [1.54, 1.807) is 6.33 Å². The molecule has 0 spiro atoms. The Labute approximate surface area is 142 Å². The van der Waals surface area contributed by atoms with Crippen molar-refractivity contribution in [3.05, 3.63) is 48.3 Å². The maximum absolute atomic E-state index is 12.1. The van der Waals surface area contributed by atoms with Crippen LogP contribution in [0, 0.1) is 0 Å². The molecular formula is C18H23N5O. The molecule has 1 amide bonds. The van der Waals surface area contributed by atoms with E-state index in [0.29, 0.717) is 12.6 Å². The number of piperazine rings is 1. The fraction of sp³-hybridized carbons (Fsp3) is 0.389. The Balaban J connectivity index is 1.72. The van der Waals surface area contributed by atoms with Gasteiger partial charge in [-0.2, -0.15) is 0 Å². The van der Waals surface area contributed by atoms with E-state index in [0.717, 1.165) is 24.6 Å². The topological polar surface area (TPSA) is 70.2 Å². The van der Waals surface area contributed by atoms with Crippen molar-refractivity contribution < 1.29 is 4.79 Å². The number of hydrogen-bond donors (Lipinski definition) is 2. The molecule has 1 aliphatic rings. The van der Waals surface area contributed by atoms with Crippen LogP contribution in [0.4, 0.5) is 11.6 Å². The molecule has 0 radical (unpaired) electrons. The summed E-state index contributed by atoms with van der Waals surface area (Å²) in [7, 11) is 0. The summed E-state index contributed by atoms with van der Waals surface area (Å²) in [5, 5.41) is 6.34. The highest BCUT2D eigenvalue weighted by molar-refractivity contribution is 5.83. The predicted octanol–water partition coefficient (Wildman–Crippen LogP) is 1.84. The van der Waals surface area contributed by atoms with Crippen LogP contribution in [0.5, 0.6) is 0 Å². The van der Waals surface area contributed by atoms with Crippen molar-refractivity contribution in [3.63, 3.8) is 0 Å². The van der Waals surface area contributed by atoms with E-state index in [9.17, 15) is 4.79 Å². The predicted molar refractivity (Wildman–Crippen MR) is 95.1 cm³/mol. The van der Waals surface area contributed by atoms with Crippen molar-refractivity contribution in [2.45, 2.75) is 32.4 Å². The lowest BCUT2D eigenvalue weighted by Crippen LogP contribution is -2.55. The molecule has 1 atom stereocenters. The number of amides is 1. The molecule has 6 heteroatoms. The first kappa shape index (κ1) is 16.2. The van der Waals surface area contributed by atoms with Gasteiger partial charge < -0.3 is 15.5 Å². The standard InChI is InChI=1S/C18H23N5O/c1-13(2)21-16-9-17(20-12-19-16)23-10-15(22-18(24)11-23)8-14-6-4-3-5-7-14/h3-7,9,12-13,15H,8,10-11H2,1-2H3,(H,22,24)(H,19,20,21)/t15-/m0/s1. The molecule has 1 fully saturated rings. The summed E-state index contributed by atoms with van der Waals surface area (Å²) in [6, 6.07) is 12.5. The van der Waals surface area contributed by atoms with Crippen LogP contribution in [0.2, 0.25) is 0 Å². The van der Waals surface area contributed by atoms with Gasteiger partial charge >= 0.3 is 0 Å². The fourth-order valence-corrected chi connectivity index (χ4v) is 2.91. The van der Waals surface area contributed by atoms with Gasteiger partial charge in [-0.25, -0.2) is 9.97 Å². The average molecular weight is 325 g/mol. The third-order valence-corrected chi connectivity index (χ3v) is 3.88. The Kier molecular flexibility index (Phi) is 4.93. The normalized spacial score (nSPS) is 17.7. The van der Waals surface area contributed by atoms with E-state index in [1.807, 2.05) is 29.2 Å². The first-order valence-corrected chi connectivity index (χ1v) is 8.27. The number of benzene rings is 1. The number of nitrogens with one attached hydrogen (secondary N) is 2. The molecular weight excluding hydrogens is 302 g/mol. The quantitative estimate of drug-likeness (QED) is 0.878. The molecule has 0 bridgehead atoms. The smallest absolute Gasteiger partial charge is 0.239 e. The maximum Gasteiger partial charge on any atom is 0.239 e. The van der Waals surface area contributed by atoms with Crippen LogP contribution in [-0.2, 0) is 11.2 Å². The summed E-state index contributed by atoms with van der Waals surface area (Å²) in [5.74, 6) is 1.58. The van der Waals surface area contributed by atoms with Gasteiger partial charge in [-0.15, -0.1) is 0 Å². The number of rotatable bonds is 5. The highest BCUT2D eigenvalue weighted by atomic mass is 16.2. The minimum atomic E-state index is 0.0270. The molecule has 1 aromatic heterocycles. The monoisotopic (exact) mass is 325 g/mol. The van der Waals surface area contributed by atoms with E-state index in [4.69, 9.17) is 0 Å². The van der Waals surface area contributed by atoms with Gasteiger partial charge in [0.1, 0.15) is 18.0 Å². The molecule has 0 saturated carbocycles. The van der Waals surface area contributed by atoms with Gasteiger partial charge in [0, 0.05) is 18.7 Å². The highest BCUT2D eigenvalue weighted by Gasteiger charge is 2.25. The summed E-state index contributed by atoms with van der Waals surface area (Å²) >= 11 is 0. The second-order valence-electron chi connectivity index (χ2n) is 6.40. The van der Waals surface area contributed by atoms with E-state index in [2.05, 4.69) is 46.6 Å². The van der Waals surface area contributed by atoms with Crippen molar-refractivity contribution in [2.75, 3.05) is 23.3 Å². The van der Waals surface area contributed by atoms with Crippen LogP contribution in [-0.4, -0.2) is 41.0 Å². The van der Waals surface area contributed by atoms with E-state index in [-0.39, 0.29) is 11.9 Å². The summed E-state index contributed by atoms with van der Waals surface area (Å²) < 4.78 is 0. The third-order valence-electron chi connectivity index (χ3n) is 3.88. The molecule has 24 heavy (non-hydrogen) atoms. The van der Waals surface area contributed by atoms with Gasteiger partial charge in [-0.1, -0.05) is 30.3 Å². The second-order valence-corrected chi connectivity index (χ2v) is 6.40. The first-order valence-electron chi connectivity index (χ1n) is 8.27. The van der Waals surface area contributed by atoms with Crippen molar-refractivity contribution >= 4 is 17.5 Å². The SMILES string of the molecule is CC(C)Nc1cc(N2CC(=O)N[C@@H](Cc3ccccc3)C2)ncn1. The van der Waals surface area contributed by atoms with Crippen LogP contribution in [0.1, 0.15) is 19.4 Å². The van der Waals surface area contributed by atoms with Crippen molar-refractivity contribution in [1.82, 2.24) is 15.3 Å². The largest absolute Gasteiger partial charge is 0.368 e. The minimum Gasteiger partial charge on any atom is -0.368 e. The molecule has 1 aromatic carbocycles. The molecule has 2 N–H and O–H groups in total. The Bertz CT molecular complexity index is 689. The number of anilines is 2. The molecule has 2 aromatic rings.